The summed E-state index contributed by atoms with van der Waals surface area (Å²) < 4.78 is 0. The van der Waals surface area contributed by atoms with Crippen LogP contribution in [0.2, 0.25) is 5.02 Å². The normalized spacial score (nSPS) is 17.8. The van der Waals surface area contributed by atoms with Gasteiger partial charge in [0, 0.05) is 18.1 Å². The summed E-state index contributed by atoms with van der Waals surface area (Å²) in [6, 6.07) is 7.91. The predicted molar refractivity (Wildman–Crippen MR) is 70.7 cm³/mol. The van der Waals surface area contributed by atoms with Crippen molar-refractivity contribution < 1.29 is 0 Å². The molecule has 0 atom stereocenters. The molecule has 0 amide bonds. The molecule has 0 fully saturated rings. The first-order chi connectivity index (χ1) is 7.74. The van der Waals surface area contributed by atoms with Crippen LogP contribution in [0.15, 0.2) is 42.0 Å². The zero-order valence-electron chi connectivity index (χ0n) is 9.49. The molecule has 2 heteroatoms. The van der Waals surface area contributed by atoms with Crippen molar-refractivity contribution in [1.82, 2.24) is 4.90 Å². The number of allylic oxidation sites excluding steroid dienone is 1. The number of hydrogen-bond donors (Lipinski definition) is 0. The fourth-order valence-corrected chi connectivity index (χ4v) is 1.84. The highest BCUT2D eigenvalue weighted by Crippen LogP contribution is 2.14. The van der Waals surface area contributed by atoms with E-state index in [1.807, 2.05) is 24.3 Å². The lowest BCUT2D eigenvalue weighted by Crippen LogP contribution is -2.23. The molecule has 1 aromatic rings. The van der Waals surface area contributed by atoms with E-state index in [-0.39, 0.29) is 0 Å². The van der Waals surface area contributed by atoms with Crippen LogP contribution in [0.3, 0.4) is 0 Å². The SMILES string of the molecule is CN1CC=C(C=Cc2ccc(Cl)cc2)CC1. The van der Waals surface area contributed by atoms with Gasteiger partial charge >= 0.3 is 0 Å². The van der Waals surface area contributed by atoms with Gasteiger partial charge < -0.3 is 4.90 Å². The van der Waals surface area contributed by atoms with Crippen molar-refractivity contribution >= 4 is 17.7 Å². The highest BCUT2D eigenvalue weighted by atomic mass is 35.5. The lowest BCUT2D eigenvalue weighted by atomic mass is 10.1. The summed E-state index contributed by atoms with van der Waals surface area (Å²) in [5.41, 5.74) is 2.62. The third-order valence-electron chi connectivity index (χ3n) is 2.81. The van der Waals surface area contributed by atoms with Gasteiger partial charge in [0.2, 0.25) is 0 Å². The van der Waals surface area contributed by atoms with Gasteiger partial charge in [0.15, 0.2) is 0 Å². The number of rotatable bonds is 2. The Balaban J connectivity index is 2.01. The lowest BCUT2D eigenvalue weighted by Gasteiger charge is -2.20. The third kappa shape index (κ3) is 3.22. The molecule has 1 aliphatic heterocycles. The van der Waals surface area contributed by atoms with Crippen molar-refractivity contribution in [3.8, 4) is 0 Å². The molecule has 84 valence electrons. The van der Waals surface area contributed by atoms with E-state index in [9.17, 15) is 0 Å². The molecule has 0 aliphatic carbocycles. The van der Waals surface area contributed by atoms with Crippen molar-refractivity contribution in [3.63, 3.8) is 0 Å². The van der Waals surface area contributed by atoms with Gasteiger partial charge in [-0.2, -0.15) is 0 Å². The summed E-state index contributed by atoms with van der Waals surface area (Å²) >= 11 is 5.84. The van der Waals surface area contributed by atoms with Crippen molar-refractivity contribution in [2.24, 2.45) is 0 Å². The van der Waals surface area contributed by atoms with Crippen LogP contribution in [0.5, 0.6) is 0 Å². The molecular weight excluding hydrogens is 218 g/mol. The molecule has 0 spiro atoms. The Morgan fingerprint density at radius 1 is 1.19 bits per heavy atom. The Labute approximate surface area is 102 Å². The summed E-state index contributed by atoms with van der Waals surface area (Å²) in [6.45, 7) is 2.21. The Hall–Kier alpha value is -1.05. The van der Waals surface area contributed by atoms with Gasteiger partial charge in [0.05, 0.1) is 0 Å². The molecule has 16 heavy (non-hydrogen) atoms. The van der Waals surface area contributed by atoms with Crippen LogP contribution in [-0.4, -0.2) is 25.0 Å². The van der Waals surface area contributed by atoms with Gasteiger partial charge in [-0.15, -0.1) is 0 Å². The number of nitrogens with zero attached hydrogens (tertiary/aromatic N) is 1. The fourth-order valence-electron chi connectivity index (χ4n) is 1.71. The van der Waals surface area contributed by atoms with E-state index in [0.29, 0.717) is 0 Å². The molecule has 0 radical (unpaired) electrons. The van der Waals surface area contributed by atoms with E-state index in [1.54, 1.807) is 0 Å². The van der Waals surface area contributed by atoms with Crippen molar-refractivity contribution in [3.05, 3.63) is 52.6 Å². The van der Waals surface area contributed by atoms with Gasteiger partial charge in [0.25, 0.3) is 0 Å². The van der Waals surface area contributed by atoms with E-state index in [2.05, 4.69) is 30.2 Å². The van der Waals surface area contributed by atoms with Crippen LogP contribution < -0.4 is 0 Å². The highest BCUT2D eigenvalue weighted by Gasteiger charge is 2.04. The number of benzene rings is 1. The maximum atomic E-state index is 5.84. The Kier molecular flexibility index (Phi) is 3.81. The van der Waals surface area contributed by atoms with Gasteiger partial charge in [-0.3, -0.25) is 0 Å². The predicted octanol–water partition coefficient (Wildman–Crippen LogP) is 3.62. The number of likely N-dealkylation sites (N-methyl/N-ethyl adjacent to an activating group) is 1. The van der Waals surface area contributed by atoms with Crippen LogP contribution in [0.4, 0.5) is 0 Å². The van der Waals surface area contributed by atoms with Crippen LogP contribution in [0.1, 0.15) is 12.0 Å². The first kappa shape index (κ1) is 11.4. The first-order valence-corrected chi connectivity index (χ1v) is 5.93. The molecule has 0 saturated heterocycles. The fraction of sp³-hybridized carbons (Fsp3) is 0.286. The second-order valence-electron chi connectivity index (χ2n) is 4.18. The maximum Gasteiger partial charge on any atom is 0.0406 e. The second kappa shape index (κ2) is 5.33. The summed E-state index contributed by atoms with van der Waals surface area (Å²) in [7, 11) is 2.15. The topological polar surface area (TPSA) is 3.24 Å². The zero-order valence-corrected chi connectivity index (χ0v) is 10.2. The largest absolute Gasteiger partial charge is 0.302 e. The van der Waals surface area contributed by atoms with Crippen LogP contribution >= 0.6 is 11.6 Å². The zero-order chi connectivity index (χ0) is 11.4. The smallest absolute Gasteiger partial charge is 0.0406 e. The molecule has 0 N–H and O–H groups in total. The molecular formula is C14H16ClN. The minimum absolute atomic E-state index is 0.788. The summed E-state index contributed by atoms with van der Waals surface area (Å²) in [5, 5.41) is 0.788. The monoisotopic (exact) mass is 233 g/mol. The molecule has 2 rings (SSSR count). The van der Waals surface area contributed by atoms with E-state index in [0.717, 1.165) is 24.5 Å². The summed E-state index contributed by atoms with van der Waals surface area (Å²) in [4.78, 5) is 2.32. The average molecular weight is 234 g/mol. The summed E-state index contributed by atoms with van der Waals surface area (Å²) in [5.74, 6) is 0. The Bertz CT molecular complexity index is 403. The molecule has 0 aromatic heterocycles. The molecule has 1 aliphatic rings. The molecule has 0 saturated carbocycles. The van der Waals surface area contributed by atoms with Gasteiger partial charge in [-0.1, -0.05) is 42.0 Å². The minimum atomic E-state index is 0.788. The number of hydrogen-bond acceptors (Lipinski definition) is 1. The number of halogens is 1. The molecule has 0 bridgehead atoms. The van der Waals surface area contributed by atoms with Crippen LogP contribution in [0.25, 0.3) is 6.08 Å². The van der Waals surface area contributed by atoms with E-state index < -0.39 is 0 Å². The maximum absolute atomic E-state index is 5.84. The lowest BCUT2D eigenvalue weighted by molar-refractivity contribution is 0.361. The third-order valence-corrected chi connectivity index (χ3v) is 3.06. The van der Waals surface area contributed by atoms with Crippen LogP contribution in [-0.2, 0) is 0 Å². The highest BCUT2D eigenvalue weighted by molar-refractivity contribution is 6.30. The molecule has 1 nitrogen and oxygen atoms in total. The molecule has 1 heterocycles. The quantitative estimate of drug-likeness (QED) is 0.754. The van der Waals surface area contributed by atoms with E-state index >= 15 is 0 Å². The van der Waals surface area contributed by atoms with E-state index in [4.69, 9.17) is 11.6 Å². The minimum Gasteiger partial charge on any atom is -0.302 e. The first-order valence-electron chi connectivity index (χ1n) is 5.55. The Morgan fingerprint density at radius 3 is 2.56 bits per heavy atom. The van der Waals surface area contributed by atoms with Gasteiger partial charge in [-0.25, -0.2) is 0 Å². The van der Waals surface area contributed by atoms with Gasteiger partial charge in [0.1, 0.15) is 0 Å². The average Bonchev–Trinajstić information content (AvgIpc) is 2.30. The molecule has 1 aromatic carbocycles. The van der Waals surface area contributed by atoms with Crippen molar-refractivity contribution in [1.29, 1.82) is 0 Å². The molecule has 0 unspecified atom stereocenters. The van der Waals surface area contributed by atoms with Crippen LogP contribution in [0, 0.1) is 0 Å². The standard InChI is InChI=1S/C14H16ClN/c1-16-10-8-13(9-11-16)3-2-12-4-6-14(15)7-5-12/h2-8H,9-11H2,1H3. The summed E-state index contributed by atoms with van der Waals surface area (Å²) in [6.07, 6.45) is 7.78. The second-order valence-corrected chi connectivity index (χ2v) is 4.61. The van der Waals surface area contributed by atoms with E-state index in [1.165, 1.54) is 11.1 Å². The Morgan fingerprint density at radius 2 is 1.94 bits per heavy atom. The van der Waals surface area contributed by atoms with Gasteiger partial charge in [-0.05, 0) is 36.7 Å². The van der Waals surface area contributed by atoms with Crippen molar-refractivity contribution in [2.45, 2.75) is 6.42 Å². The van der Waals surface area contributed by atoms with Crippen molar-refractivity contribution in [2.75, 3.05) is 20.1 Å².